The van der Waals surface area contributed by atoms with E-state index in [-0.39, 0.29) is 0 Å². The van der Waals surface area contributed by atoms with Gasteiger partial charge in [0, 0.05) is 31.2 Å². The van der Waals surface area contributed by atoms with E-state index >= 15 is 0 Å². The van der Waals surface area contributed by atoms with Crippen LogP contribution in [-0.2, 0) is 0 Å². The molecule has 1 aliphatic heterocycles. The highest BCUT2D eigenvalue weighted by molar-refractivity contribution is 4.86. The molecule has 0 spiro atoms. The molecule has 1 heterocycles. The molecule has 0 amide bonds. The van der Waals surface area contributed by atoms with E-state index in [0.29, 0.717) is 12.1 Å². The van der Waals surface area contributed by atoms with Gasteiger partial charge in [-0.15, -0.1) is 0 Å². The fraction of sp³-hybridized carbons (Fsp3) is 1.00. The van der Waals surface area contributed by atoms with Crippen molar-refractivity contribution in [2.24, 2.45) is 0 Å². The zero-order valence-electron chi connectivity index (χ0n) is 12.5. The summed E-state index contributed by atoms with van der Waals surface area (Å²) in [4.78, 5) is 5.10. The molecule has 3 nitrogen and oxygen atoms in total. The SMILES string of the molecule is CC1CCN(C2CCCCC2)CC(CN(C)C)N1. The molecule has 106 valence electrons. The van der Waals surface area contributed by atoms with Crippen molar-refractivity contribution in [3.05, 3.63) is 0 Å². The van der Waals surface area contributed by atoms with Crippen molar-refractivity contribution < 1.29 is 0 Å². The van der Waals surface area contributed by atoms with E-state index in [9.17, 15) is 0 Å². The van der Waals surface area contributed by atoms with E-state index in [4.69, 9.17) is 0 Å². The fourth-order valence-electron chi connectivity index (χ4n) is 3.60. The topological polar surface area (TPSA) is 18.5 Å². The number of likely N-dealkylation sites (N-methyl/N-ethyl adjacent to an activating group) is 1. The number of nitrogens with one attached hydrogen (secondary N) is 1. The lowest BCUT2D eigenvalue weighted by Gasteiger charge is -2.35. The molecule has 0 radical (unpaired) electrons. The lowest BCUT2D eigenvalue weighted by Crippen LogP contribution is -2.48. The molecule has 1 N–H and O–H groups in total. The van der Waals surface area contributed by atoms with Crippen molar-refractivity contribution in [2.45, 2.75) is 63.6 Å². The summed E-state index contributed by atoms with van der Waals surface area (Å²) in [5.74, 6) is 0. The normalized spacial score (nSPS) is 32.7. The molecule has 0 bridgehead atoms. The van der Waals surface area contributed by atoms with Crippen LogP contribution in [0.5, 0.6) is 0 Å². The smallest absolute Gasteiger partial charge is 0.0324 e. The summed E-state index contributed by atoms with van der Waals surface area (Å²) in [5, 5.41) is 3.80. The zero-order valence-corrected chi connectivity index (χ0v) is 12.5. The Hall–Kier alpha value is -0.120. The summed E-state index contributed by atoms with van der Waals surface area (Å²) in [6.45, 7) is 6.04. The Morgan fingerprint density at radius 2 is 1.83 bits per heavy atom. The predicted molar refractivity (Wildman–Crippen MR) is 78.0 cm³/mol. The van der Waals surface area contributed by atoms with Gasteiger partial charge in [-0.1, -0.05) is 19.3 Å². The van der Waals surface area contributed by atoms with Crippen molar-refractivity contribution >= 4 is 0 Å². The second-order valence-electron chi connectivity index (χ2n) is 6.60. The molecular formula is C15H31N3. The average Bonchev–Trinajstić information content (AvgIpc) is 2.51. The minimum absolute atomic E-state index is 0.638. The van der Waals surface area contributed by atoms with E-state index in [1.54, 1.807) is 0 Å². The monoisotopic (exact) mass is 253 g/mol. The quantitative estimate of drug-likeness (QED) is 0.829. The number of hydrogen-bond acceptors (Lipinski definition) is 3. The lowest BCUT2D eigenvalue weighted by molar-refractivity contribution is 0.147. The molecule has 1 saturated carbocycles. The highest BCUT2D eigenvalue weighted by Gasteiger charge is 2.27. The van der Waals surface area contributed by atoms with Crippen molar-refractivity contribution in [3.63, 3.8) is 0 Å². The average molecular weight is 253 g/mol. The molecule has 3 heteroatoms. The highest BCUT2D eigenvalue weighted by Crippen LogP contribution is 2.24. The first kappa shape index (κ1) is 14.3. The van der Waals surface area contributed by atoms with Crippen LogP contribution in [0.4, 0.5) is 0 Å². The minimum atomic E-state index is 0.638. The number of rotatable bonds is 3. The van der Waals surface area contributed by atoms with Crippen molar-refractivity contribution in [1.82, 2.24) is 15.1 Å². The summed E-state index contributed by atoms with van der Waals surface area (Å²) in [7, 11) is 4.37. The standard InChI is InChI=1S/C15H31N3/c1-13-9-10-18(15-7-5-4-6-8-15)12-14(16-13)11-17(2)3/h13-16H,4-12H2,1-3H3. The molecule has 2 unspecified atom stereocenters. The second kappa shape index (κ2) is 6.88. The van der Waals surface area contributed by atoms with E-state index < -0.39 is 0 Å². The van der Waals surface area contributed by atoms with Crippen LogP contribution in [0.1, 0.15) is 45.4 Å². The summed E-state index contributed by atoms with van der Waals surface area (Å²) in [6, 6.07) is 2.18. The Labute approximate surface area is 113 Å². The van der Waals surface area contributed by atoms with Crippen molar-refractivity contribution in [2.75, 3.05) is 33.7 Å². The van der Waals surface area contributed by atoms with Crippen LogP contribution < -0.4 is 5.32 Å². The molecule has 1 saturated heterocycles. The number of nitrogens with zero attached hydrogens (tertiary/aromatic N) is 2. The third kappa shape index (κ3) is 4.22. The Balaban J connectivity index is 1.92. The maximum absolute atomic E-state index is 3.80. The van der Waals surface area contributed by atoms with Gasteiger partial charge in [0.1, 0.15) is 0 Å². The lowest BCUT2D eigenvalue weighted by atomic mass is 9.94. The zero-order chi connectivity index (χ0) is 13.0. The Bertz CT molecular complexity index is 236. The molecule has 0 aromatic heterocycles. The maximum Gasteiger partial charge on any atom is 0.0324 e. The van der Waals surface area contributed by atoms with Crippen LogP contribution >= 0.6 is 0 Å². The Morgan fingerprint density at radius 3 is 2.50 bits per heavy atom. The largest absolute Gasteiger partial charge is 0.309 e. The first-order valence-electron chi connectivity index (χ1n) is 7.80. The molecule has 0 aromatic rings. The van der Waals surface area contributed by atoms with Crippen LogP contribution in [0.3, 0.4) is 0 Å². The van der Waals surface area contributed by atoms with Crippen LogP contribution in [0.25, 0.3) is 0 Å². The Morgan fingerprint density at radius 1 is 1.11 bits per heavy atom. The van der Waals surface area contributed by atoms with E-state index in [2.05, 4.69) is 36.1 Å². The fourth-order valence-corrected chi connectivity index (χ4v) is 3.60. The van der Waals surface area contributed by atoms with Gasteiger partial charge in [-0.3, -0.25) is 4.90 Å². The van der Waals surface area contributed by atoms with E-state index in [1.165, 1.54) is 51.6 Å². The summed E-state index contributed by atoms with van der Waals surface area (Å²) in [5.41, 5.74) is 0. The van der Waals surface area contributed by atoms with Gasteiger partial charge < -0.3 is 10.2 Å². The van der Waals surface area contributed by atoms with Gasteiger partial charge in [0.25, 0.3) is 0 Å². The molecule has 2 atom stereocenters. The van der Waals surface area contributed by atoms with Gasteiger partial charge in [-0.05, 0) is 46.8 Å². The van der Waals surface area contributed by atoms with Gasteiger partial charge in [-0.2, -0.15) is 0 Å². The third-order valence-electron chi connectivity index (χ3n) is 4.50. The number of hydrogen-bond donors (Lipinski definition) is 1. The molecule has 2 rings (SSSR count). The third-order valence-corrected chi connectivity index (χ3v) is 4.50. The predicted octanol–water partition coefficient (Wildman–Crippen LogP) is 1.93. The first-order valence-corrected chi connectivity index (χ1v) is 7.80. The van der Waals surface area contributed by atoms with Gasteiger partial charge in [0.15, 0.2) is 0 Å². The summed E-state index contributed by atoms with van der Waals surface area (Å²) >= 11 is 0. The first-order chi connectivity index (χ1) is 8.65. The molecule has 2 fully saturated rings. The maximum atomic E-state index is 3.80. The molecule has 2 aliphatic rings. The summed E-state index contributed by atoms with van der Waals surface area (Å²) < 4.78 is 0. The van der Waals surface area contributed by atoms with Gasteiger partial charge in [0.05, 0.1) is 0 Å². The van der Waals surface area contributed by atoms with Crippen LogP contribution in [0, 0.1) is 0 Å². The Kier molecular flexibility index (Phi) is 5.46. The van der Waals surface area contributed by atoms with Gasteiger partial charge >= 0.3 is 0 Å². The van der Waals surface area contributed by atoms with Crippen molar-refractivity contribution in [1.29, 1.82) is 0 Å². The molecular weight excluding hydrogens is 222 g/mol. The van der Waals surface area contributed by atoms with Gasteiger partial charge in [0.2, 0.25) is 0 Å². The minimum Gasteiger partial charge on any atom is -0.309 e. The second-order valence-corrected chi connectivity index (χ2v) is 6.60. The van der Waals surface area contributed by atoms with Crippen LogP contribution in [-0.4, -0.2) is 61.7 Å². The van der Waals surface area contributed by atoms with Crippen LogP contribution in [0.15, 0.2) is 0 Å². The molecule has 18 heavy (non-hydrogen) atoms. The van der Waals surface area contributed by atoms with Crippen LogP contribution in [0.2, 0.25) is 0 Å². The van der Waals surface area contributed by atoms with E-state index in [0.717, 1.165) is 12.6 Å². The van der Waals surface area contributed by atoms with E-state index in [1.807, 2.05) is 0 Å². The molecule has 0 aromatic carbocycles. The van der Waals surface area contributed by atoms with Gasteiger partial charge in [-0.25, -0.2) is 0 Å². The summed E-state index contributed by atoms with van der Waals surface area (Å²) in [6.07, 6.45) is 8.53. The van der Waals surface area contributed by atoms with Crippen molar-refractivity contribution in [3.8, 4) is 0 Å². The highest BCUT2D eigenvalue weighted by atomic mass is 15.2. The molecule has 1 aliphatic carbocycles.